The maximum Gasteiger partial charge on any atom is 0.325 e. The molecule has 0 aromatic carbocycles. The van der Waals surface area contributed by atoms with Crippen molar-refractivity contribution in [3.8, 4) is 0 Å². The lowest BCUT2D eigenvalue weighted by Gasteiger charge is -2.31. The molecule has 1 aliphatic heterocycles. The summed E-state index contributed by atoms with van der Waals surface area (Å²) in [5, 5.41) is 2.68. The van der Waals surface area contributed by atoms with Crippen molar-refractivity contribution in [2.75, 3.05) is 6.54 Å². The normalized spacial score (nSPS) is 22.5. The monoisotopic (exact) mass is 213 g/mol. The van der Waals surface area contributed by atoms with Crippen LogP contribution >= 0.6 is 0 Å². The van der Waals surface area contributed by atoms with Crippen LogP contribution in [0.25, 0.3) is 0 Å². The maximum atomic E-state index is 11.9. The summed E-state index contributed by atoms with van der Waals surface area (Å²) in [7, 11) is 0. The molecule has 0 aromatic heterocycles. The topological polar surface area (TPSA) is 75.4 Å². The first-order chi connectivity index (χ1) is 6.81. The minimum absolute atomic E-state index is 0.0972. The largest absolute Gasteiger partial charge is 0.328 e. The lowest BCUT2D eigenvalue weighted by molar-refractivity contribution is -0.131. The highest BCUT2D eigenvalue weighted by Crippen LogP contribution is 2.22. The van der Waals surface area contributed by atoms with E-state index in [1.807, 2.05) is 13.8 Å². The molecule has 3 amide bonds. The molecule has 0 bridgehead atoms. The van der Waals surface area contributed by atoms with Crippen molar-refractivity contribution in [2.45, 2.75) is 39.3 Å². The Morgan fingerprint density at radius 3 is 2.33 bits per heavy atom. The number of rotatable bonds is 3. The molecule has 0 radical (unpaired) electrons. The molecule has 15 heavy (non-hydrogen) atoms. The van der Waals surface area contributed by atoms with E-state index >= 15 is 0 Å². The number of carbonyl (C=O) groups excluding carboxylic acids is 2. The molecule has 5 heteroatoms. The Kier molecular flexibility index (Phi) is 3.04. The molecule has 1 saturated heterocycles. The molecule has 3 N–H and O–H groups in total. The highest BCUT2D eigenvalue weighted by Gasteiger charge is 2.46. The van der Waals surface area contributed by atoms with Crippen LogP contribution in [0.2, 0.25) is 0 Å². The first-order valence-corrected chi connectivity index (χ1v) is 5.16. The van der Waals surface area contributed by atoms with Crippen molar-refractivity contribution in [3.63, 3.8) is 0 Å². The summed E-state index contributed by atoms with van der Waals surface area (Å²) in [5.41, 5.74) is 4.94. The van der Waals surface area contributed by atoms with Crippen LogP contribution in [0.15, 0.2) is 0 Å². The zero-order valence-corrected chi connectivity index (χ0v) is 9.70. The molecule has 0 aliphatic carbocycles. The van der Waals surface area contributed by atoms with Crippen molar-refractivity contribution >= 4 is 11.9 Å². The van der Waals surface area contributed by atoms with E-state index in [1.54, 1.807) is 13.8 Å². The zero-order valence-electron chi connectivity index (χ0n) is 9.70. The highest BCUT2D eigenvalue weighted by molar-refractivity contribution is 6.05. The van der Waals surface area contributed by atoms with Crippen molar-refractivity contribution in [1.29, 1.82) is 0 Å². The van der Waals surface area contributed by atoms with Crippen LogP contribution in [-0.2, 0) is 4.79 Å². The average Bonchev–Trinajstić information content (AvgIpc) is 2.42. The van der Waals surface area contributed by atoms with E-state index in [1.165, 1.54) is 4.90 Å². The fraction of sp³-hybridized carbons (Fsp3) is 0.800. The summed E-state index contributed by atoms with van der Waals surface area (Å²) in [6.07, 6.45) is 0. The SMILES string of the molecule is CC(C)C1NC(=O)N(C(C)(C)CN)C1=O. The fourth-order valence-corrected chi connectivity index (χ4v) is 1.61. The van der Waals surface area contributed by atoms with Crippen LogP contribution < -0.4 is 11.1 Å². The van der Waals surface area contributed by atoms with Gasteiger partial charge in [-0.1, -0.05) is 13.8 Å². The summed E-state index contributed by atoms with van der Waals surface area (Å²) < 4.78 is 0. The second-order valence-electron chi connectivity index (χ2n) is 4.86. The molecule has 1 fully saturated rings. The Morgan fingerprint density at radius 1 is 1.47 bits per heavy atom. The Hall–Kier alpha value is -1.10. The number of nitrogens with zero attached hydrogens (tertiary/aromatic N) is 1. The second kappa shape index (κ2) is 3.81. The number of amides is 3. The minimum atomic E-state index is -0.620. The van der Waals surface area contributed by atoms with Crippen molar-refractivity contribution in [2.24, 2.45) is 11.7 Å². The summed E-state index contributed by atoms with van der Waals surface area (Å²) in [5.74, 6) is -0.0783. The van der Waals surface area contributed by atoms with E-state index in [0.717, 1.165) is 0 Å². The molecule has 5 nitrogen and oxygen atoms in total. The summed E-state index contributed by atoms with van der Waals surface area (Å²) in [6.45, 7) is 7.64. The molecule has 1 heterocycles. The van der Waals surface area contributed by atoms with Crippen molar-refractivity contribution < 1.29 is 9.59 Å². The molecule has 1 atom stereocenters. The van der Waals surface area contributed by atoms with E-state index in [9.17, 15) is 9.59 Å². The van der Waals surface area contributed by atoms with Gasteiger partial charge in [-0.25, -0.2) is 4.79 Å². The third kappa shape index (κ3) is 1.97. The third-order valence-electron chi connectivity index (χ3n) is 2.74. The first kappa shape index (κ1) is 12.0. The Morgan fingerprint density at radius 2 is 2.00 bits per heavy atom. The van der Waals surface area contributed by atoms with Gasteiger partial charge in [0.05, 0.1) is 5.54 Å². The van der Waals surface area contributed by atoms with Gasteiger partial charge in [0.2, 0.25) is 0 Å². The van der Waals surface area contributed by atoms with Gasteiger partial charge in [0.25, 0.3) is 5.91 Å². The van der Waals surface area contributed by atoms with Crippen LogP contribution in [0.3, 0.4) is 0 Å². The number of imide groups is 1. The number of nitrogens with two attached hydrogens (primary N) is 1. The molecule has 0 spiro atoms. The third-order valence-corrected chi connectivity index (χ3v) is 2.74. The quantitative estimate of drug-likeness (QED) is 0.662. The predicted molar refractivity (Wildman–Crippen MR) is 57.1 cm³/mol. The second-order valence-corrected chi connectivity index (χ2v) is 4.86. The first-order valence-electron chi connectivity index (χ1n) is 5.16. The van der Waals surface area contributed by atoms with Gasteiger partial charge in [-0.05, 0) is 19.8 Å². The van der Waals surface area contributed by atoms with E-state index in [-0.39, 0.29) is 24.4 Å². The van der Waals surface area contributed by atoms with Crippen molar-refractivity contribution in [1.82, 2.24) is 10.2 Å². The molecular formula is C10H19N3O2. The van der Waals surface area contributed by atoms with Gasteiger partial charge in [0.1, 0.15) is 6.04 Å². The van der Waals surface area contributed by atoms with E-state index < -0.39 is 11.6 Å². The number of urea groups is 1. The van der Waals surface area contributed by atoms with Crippen LogP contribution in [0, 0.1) is 5.92 Å². The molecule has 1 rings (SSSR count). The van der Waals surface area contributed by atoms with Crippen molar-refractivity contribution in [3.05, 3.63) is 0 Å². The van der Waals surface area contributed by atoms with Gasteiger partial charge in [0.15, 0.2) is 0 Å². The zero-order chi connectivity index (χ0) is 11.8. The van der Waals surface area contributed by atoms with Crippen LogP contribution in [0.5, 0.6) is 0 Å². The summed E-state index contributed by atoms with van der Waals surface area (Å²) in [4.78, 5) is 24.8. The molecular weight excluding hydrogens is 194 g/mol. The molecule has 1 aliphatic rings. The average molecular weight is 213 g/mol. The van der Waals surface area contributed by atoms with Gasteiger partial charge in [-0.2, -0.15) is 0 Å². The predicted octanol–water partition coefficient (Wildman–Crippen LogP) is 0.300. The molecule has 0 aromatic rings. The number of carbonyl (C=O) groups is 2. The summed E-state index contributed by atoms with van der Waals surface area (Å²) >= 11 is 0. The Labute approximate surface area is 90.0 Å². The van der Waals surface area contributed by atoms with Gasteiger partial charge in [-0.3, -0.25) is 9.69 Å². The standard InChI is InChI=1S/C10H19N3O2/c1-6(2)7-8(14)13(9(15)12-7)10(3,4)5-11/h6-7H,5,11H2,1-4H3,(H,12,15). The van der Waals surface area contributed by atoms with Gasteiger partial charge in [0, 0.05) is 6.54 Å². The summed E-state index contributed by atoms with van der Waals surface area (Å²) in [6, 6.07) is -0.752. The van der Waals surface area contributed by atoms with E-state index in [0.29, 0.717) is 0 Å². The van der Waals surface area contributed by atoms with Crippen LogP contribution in [0.1, 0.15) is 27.7 Å². The molecule has 0 saturated carbocycles. The number of hydrogen-bond donors (Lipinski definition) is 2. The number of nitrogens with one attached hydrogen (secondary N) is 1. The Balaban J connectivity index is 2.94. The minimum Gasteiger partial charge on any atom is -0.328 e. The van der Waals surface area contributed by atoms with Crippen LogP contribution in [-0.4, -0.2) is 35.0 Å². The Bertz CT molecular complexity index is 286. The highest BCUT2D eigenvalue weighted by atomic mass is 16.2. The molecule has 1 unspecified atom stereocenters. The number of hydrogen-bond acceptors (Lipinski definition) is 3. The van der Waals surface area contributed by atoms with Gasteiger partial charge >= 0.3 is 6.03 Å². The fourth-order valence-electron chi connectivity index (χ4n) is 1.61. The van der Waals surface area contributed by atoms with Crippen LogP contribution in [0.4, 0.5) is 4.79 Å². The lowest BCUT2D eigenvalue weighted by atomic mass is 10.0. The van der Waals surface area contributed by atoms with E-state index in [2.05, 4.69) is 5.32 Å². The van der Waals surface area contributed by atoms with Gasteiger partial charge in [-0.15, -0.1) is 0 Å². The smallest absolute Gasteiger partial charge is 0.325 e. The van der Waals surface area contributed by atoms with E-state index in [4.69, 9.17) is 5.73 Å². The lowest BCUT2D eigenvalue weighted by Crippen LogP contribution is -2.53. The molecule has 86 valence electrons. The van der Waals surface area contributed by atoms with Gasteiger partial charge < -0.3 is 11.1 Å². The maximum absolute atomic E-state index is 11.9.